The molecule has 0 aliphatic rings. The van der Waals surface area contributed by atoms with E-state index in [1.165, 1.54) is 0 Å². The van der Waals surface area contributed by atoms with E-state index >= 15 is 0 Å². The zero-order valence-electron chi connectivity index (χ0n) is 12.1. The zero-order valence-corrected chi connectivity index (χ0v) is 15.3. The summed E-state index contributed by atoms with van der Waals surface area (Å²) in [6.07, 6.45) is 1.76. The van der Waals surface area contributed by atoms with Crippen molar-refractivity contribution in [3.63, 3.8) is 0 Å². The van der Waals surface area contributed by atoms with Crippen molar-refractivity contribution in [2.75, 3.05) is 0 Å². The van der Waals surface area contributed by atoms with Crippen molar-refractivity contribution in [2.24, 2.45) is 5.10 Å². The average Bonchev–Trinajstić information content (AvgIpc) is 2.52. The maximum absolute atomic E-state index is 12.2. The van der Waals surface area contributed by atoms with Crippen LogP contribution in [-0.4, -0.2) is 11.6 Å². The molecule has 114 valence electrons. The standard InChI is InChI=1S/C17H16Br2N2O/c1-2-5-16(12-8-10-13(18)11-9-12)20-21-17(22)14-6-3-4-7-15(14)19/h3-4,6-11H,2,5H2,1H3,(H,21,22). The van der Waals surface area contributed by atoms with Crippen LogP contribution in [0.25, 0.3) is 0 Å². The second-order valence-corrected chi connectivity index (χ2v) is 6.51. The Morgan fingerprint density at radius 3 is 2.41 bits per heavy atom. The minimum Gasteiger partial charge on any atom is -0.267 e. The molecule has 0 fully saturated rings. The Balaban J connectivity index is 2.18. The normalized spacial score (nSPS) is 11.3. The second kappa shape index (κ2) is 8.25. The van der Waals surface area contributed by atoms with Gasteiger partial charge in [0.1, 0.15) is 0 Å². The molecule has 0 unspecified atom stereocenters. The summed E-state index contributed by atoms with van der Waals surface area (Å²) in [4.78, 5) is 12.2. The minimum absolute atomic E-state index is 0.224. The van der Waals surface area contributed by atoms with Crippen LogP contribution >= 0.6 is 31.9 Å². The molecule has 0 aliphatic carbocycles. The van der Waals surface area contributed by atoms with Gasteiger partial charge in [-0.25, -0.2) is 5.43 Å². The van der Waals surface area contributed by atoms with E-state index in [0.29, 0.717) is 5.56 Å². The molecule has 0 heterocycles. The number of hydrazone groups is 1. The molecule has 1 N–H and O–H groups in total. The van der Waals surface area contributed by atoms with E-state index in [4.69, 9.17) is 0 Å². The van der Waals surface area contributed by atoms with Crippen molar-refractivity contribution in [1.29, 1.82) is 0 Å². The summed E-state index contributed by atoms with van der Waals surface area (Å²) in [5, 5.41) is 4.31. The van der Waals surface area contributed by atoms with Gasteiger partial charge < -0.3 is 0 Å². The number of hydrogen-bond acceptors (Lipinski definition) is 2. The number of nitrogens with one attached hydrogen (secondary N) is 1. The van der Waals surface area contributed by atoms with E-state index in [1.54, 1.807) is 6.07 Å². The summed E-state index contributed by atoms with van der Waals surface area (Å²) in [5.74, 6) is -0.224. The molecule has 0 atom stereocenters. The lowest BCUT2D eigenvalue weighted by molar-refractivity contribution is 0.0954. The topological polar surface area (TPSA) is 41.5 Å². The third-order valence-corrected chi connectivity index (χ3v) is 4.30. The van der Waals surface area contributed by atoms with Crippen molar-refractivity contribution in [3.05, 3.63) is 68.6 Å². The van der Waals surface area contributed by atoms with Gasteiger partial charge in [-0.15, -0.1) is 0 Å². The van der Waals surface area contributed by atoms with E-state index in [2.05, 4.69) is 49.3 Å². The van der Waals surface area contributed by atoms with Crippen molar-refractivity contribution in [3.8, 4) is 0 Å². The van der Waals surface area contributed by atoms with E-state index in [-0.39, 0.29) is 5.91 Å². The lowest BCUT2D eigenvalue weighted by atomic mass is 10.1. The summed E-state index contributed by atoms with van der Waals surface area (Å²) in [6, 6.07) is 15.2. The fourth-order valence-electron chi connectivity index (χ4n) is 1.97. The SMILES string of the molecule is CCCC(=NNC(=O)c1ccccc1Br)c1ccc(Br)cc1. The molecule has 3 nitrogen and oxygen atoms in total. The van der Waals surface area contributed by atoms with Crippen LogP contribution in [0, 0.1) is 0 Å². The third-order valence-electron chi connectivity index (χ3n) is 3.08. The molecular weight excluding hydrogens is 408 g/mol. The second-order valence-electron chi connectivity index (χ2n) is 4.74. The Bertz CT molecular complexity index is 681. The fraction of sp³-hybridized carbons (Fsp3) is 0.176. The lowest BCUT2D eigenvalue weighted by Crippen LogP contribution is -2.20. The first kappa shape index (κ1) is 16.9. The molecule has 1 amide bonds. The summed E-state index contributed by atoms with van der Waals surface area (Å²) >= 11 is 6.79. The molecule has 5 heteroatoms. The number of rotatable bonds is 5. The highest BCUT2D eigenvalue weighted by Crippen LogP contribution is 2.16. The Hall–Kier alpha value is -1.46. The highest BCUT2D eigenvalue weighted by Gasteiger charge is 2.09. The van der Waals surface area contributed by atoms with Gasteiger partial charge in [0.2, 0.25) is 0 Å². The molecule has 2 aromatic rings. The number of carbonyl (C=O) groups excluding carboxylic acids is 1. The first-order valence-electron chi connectivity index (χ1n) is 6.99. The molecular formula is C17H16Br2N2O. The van der Waals surface area contributed by atoms with Crippen molar-refractivity contribution in [1.82, 2.24) is 5.43 Å². The van der Waals surface area contributed by atoms with Gasteiger partial charge in [-0.05, 0) is 52.2 Å². The van der Waals surface area contributed by atoms with Crippen LogP contribution in [0.2, 0.25) is 0 Å². The maximum atomic E-state index is 12.2. The number of amides is 1. The van der Waals surface area contributed by atoms with Crippen LogP contribution in [-0.2, 0) is 0 Å². The zero-order chi connectivity index (χ0) is 15.9. The van der Waals surface area contributed by atoms with Crippen LogP contribution < -0.4 is 5.43 Å². The molecule has 2 rings (SSSR count). The van der Waals surface area contributed by atoms with Gasteiger partial charge in [-0.1, -0.05) is 53.5 Å². The van der Waals surface area contributed by atoms with Gasteiger partial charge in [0, 0.05) is 8.95 Å². The highest BCUT2D eigenvalue weighted by molar-refractivity contribution is 9.10. The summed E-state index contributed by atoms with van der Waals surface area (Å²) in [5.41, 5.74) is 5.09. The van der Waals surface area contributed by atoms with E-state index in [0.717, 1.165) is 33.1 Å². The van der Waals surface area contributed by atoms with Crippen molar-refractivity contribution >= 4 is 43.5 Å². The molecule has 2 aromatic carbocycles. The van der Waals surface area contributed by atoms with Crippen LogP contribution in [0.15, 0.2) is 62.6 Å². The minimum atomic E-state index is -0.224. The molecule has 0 spiro atoms. The van der Waals surface area contributed by atoms with Gasteiger partial charge >= 0.3 is 0 Å². The summed E-state index contributed by atoms with van der Waals surface area (Å²) < 4.78 is 1.77. The number of hydrogen-bond donors (Lipinski definition) is 1. The number of nitrogens with zero attached hydrogens (tertiary/aromatic N) is 1. The third kappa shape index (κ3) is 4.52. The van der Waals surface area contributed by atoms with Gasteiger partial charge in [0.15, 0.2) is 0 Å². The van der Waals surface area contributed by atoms with E-state index < -0.39 is 0 Å². The highest BCUT2D eigenvalue weighted by atomic mass is 79.9. The number of benzene rings is 2. The predicted octanol–water partition coefficient (Wildman–Crippen LogP) is 5.15. The first-order chi connectivity index (χ1) is 10.6. The van der Waals surface area contributed by atoms with Crippen LogP contribution in [0.1, 0.15) is 35.7 Å². The van der Waals surface area contributed by atoms with E-state index in [9.17, 15) is 4.79 Å². The Labute approximate surface area is 147 Å². The van der Waals surface area contributed by atoms with Gasteiger partial charge in [0.05, 0.1) is 11.3 Å². The molecule has 0 saturated heterocycles. The largest absolute Gasteiger partial charge is 0.272 e. The molecule has 22 heavy (non-hydrogen) atoms. The molecule has 0 aliphatic heterocycles. The molecule has 0 bridgehead atoms. The maximum Gasteiger partial charge on any atom is 0.272 e. The van der Waals surface area contributed by atoms with Crippen LogP contribution in [0.4, 0.5) is 0 Å². The van der Waals surface area contributed by atoms with Crippen LogP contribution in [0.5, 0.6) is 0 Å². The summed E-state index contributed by atoms with van der Waals surface area (Å²) in [7, 11) is 0. The smallest absolute Gasteiger partial charge is 0.267 e. The molecule has 0 radical (unpaired) electrons. The monoisotopic (exact) mass is 422 g/mol. The Kier molecular flexibility index (Phi) is 6.34. The quantitative estimate of drug-likeness (QED) is 0.524. The van der Waals surface area contributed by atoms with Crippen molar-refractivity contribution in [2.45, 2.75) is 19.8 Å². The Morgan fingerprint density at radius 2 is 1.77 bits per heavy atom. The summed E-state index contributed by atoms with van der Waals surface area (Å²) in [6.45, 7) is 2.09. The van der Waals surface area contributed by atoms with Gasteiger partial charge in [-0.2, -0.15) is 5.10 Å². The Morgan fingerprint density at radius 1 is 1.09 bits per heavy atom. The van der Waals surface area contributed by atoms with E-state index in [1.807, 2.05) is 42.5 Å². The lowest BCUT2D eigenvalue weighted by Gasteiger charge is -2.07. The molecule has 0 aromatic heterocycles. The first-order valence-corrected chi connectivity index (χ1v) is 8.57. The number of carbonyl (C=O) groups is 1. The van der Waals surface area contributed by atoms with Gasteiger partial charge in [-0.3, -0.25) is 4.79 Å². The molecule has 0 saturated carbocycles. The van der Waals surface area contributed by atoms with Gasteiger partial charge in [0.25, 0.3) is 5.91 Å². The fourth-order valence-corrected chi connectivity index (χ4v) is 2.70. The predicted molar refractivity (Wildman–Crippen MR) is 97.2 cm³/mol. The number of halogens is 2. The average molecular weight is 424 g/mol. The van der Waals surface area contributed by atoms with Crippen molar-refractivity contribution < 1.29 is 4.79 Å². The van der Waals surface area contributed by atoms with Crippen LogP contribution in [0.3, 0.4) is 0 Å².